The standard InChI is InChI=1S/C25H32F2O3/c1-19-10-9-13-21(16-19)24(5,22(28)30-23(2,3)4)14-15-25(26,27)18-29-17-20-11-7-6-8-12-20/h6-13,16H,14-15,17-18H2,1-5H3. The number of halogens is 2. The minimum atomic E-state index is -3.05. The second-order valence-electron chi connectivity index (χ2n) is 9.04. The first kappa shape index (κ1) is 24.0. The second-order valence-corrected chi connectivity index (χ2v) is 9.04. The maximum absolute atomic E-state index is 14.6. The molecule has 0 bridgehead atoms. The molecule has 0 aliphatic rings. The number of esters is 1. The Morgan fingerprint density at radius 1 is 0.933 bits per heavy atom. The van der Waals surface area contributed by atoms with Gasteiger partial charge in [-0.25, -0.2) is 8.78 Å². The van der Waals surface area contributed by atoms with Crippen LogP contribution in [0.2, 0.25) is 0 Å². The Balaban J connectivity index is 2.10. The normalized spacial score (nSPS) is 14.2. The molecule has 0 aliphatic carbocycles. The van der Waals surface area contributed by atoms with Crippen molar-refractivity contribution in [2.24, 2.45) is 0 Å². The molecule has 0 N–H and O–H groups in total. The van der Waals surface area contributed by atoms with Crippen LogP contribution < -0.4 is 0 Å². The van der Waals surface area contributed by atoms with Crippen LogP contribution in [0.1, 0.15) is 57.2 Å². The van der Waals surface area contributed by atoms with Gasteiger partial charge in [0.15, 0.2) is 0 Å². The Morgan fingerprint density at radius 3 is 2.20 bits per heavy atom. The van der Waals surface area contributed by atoms with Crippen molar-refractivity contribution in [3.05, 3.63) is 71.3 Å². The van der Waals surface area contributed by atoms with Crippen molar-refractivity contribution < 1.29 is 23.0 Å². The summed E-state index contributed by atoms with van der Waals surface area (Å²) in [6, 6.07) is 16.6. The summed E-state index contributed by atoms with van der Waals surface area (Å²) in [4.78, 5) is 13.0. The summed E-state index contributed by atoms with van der Waals surface area (Å²) >= 11 is 0. The predicted molar refractivity (Wildman–Crippen MR) is 115 cm³/mol. The highest BCUT2D eigenvalue weighted by Crippen LogP contribution is 2.36. The monoisotopic (exact) mass is 418 g/mol. The smallest absolute Gasteiger partial charge is 0.316 e. The Kier molecular flexibility index (Phi) is 7.75. The molecule has 0 heterocycles. The molecule has 3 nitrogen and oxygen atoms in total. The SMILES string of the molecule is Cc1cccc(C(C)(CCC(F)(F)COCc2ccccc2)C(=O)OC(C)(C)C)c1. The quantitative estimate of drug-likeness (QED) is 0.453. The van der Waals surface area contributed by atoms with E-state index in [2.05, 4.69) is 0 Å². The van der Waals surface area contributed by atoms with Crippen LogP contribution in [0.3, 0.4) is 0 Å². The lowest BCUT2D eigenvalue weighted by atomic mass is 9.77. The van der Waals surface area contributed by atoms with Crippen LogP contribution in [-0.2, 0) is 26.3 Å². The number of carbonyl (C=O) groups is 1. The molecule has 2 rings (SSSR count). The zero-order valence-corrected chi connectivity index (χ0v) is 18.5. The van der Waals surface area contributed by atoms with E-state index in [0.717, 1.165) is 11.1 Å². The molecule has 5 heteroatoms. The first-order chi connectivity index (χ1) is 13.9. The molecule has 0 spiro atoms. The van der Waals surface area contributed by atoms with E-state index >= 15 is 0 Å². The average molecular weight is 419 g/mol. The molecule has 0 amide bonds. The number of carbonyl (C=O) groups excluding carboxylic acids is 1. The number of rotatable bonds is 9. The maximum Gasteiger partial charge on any atom is 0.316 e. The maximum atomic E-state index is 14.6. The van der Waals surface area contributed by atoms with Gasteiger partial charge >= 0.3 is 5.97 Å². The summed E-state index contributed by atoms with van der Waals surface area (Å²) in [5.41, 5.74) is 0.593. The molecule has 0 aliphatic heterocycles. The fourth-order valence-corrected chi connectivity index (χ4v) is 3.14. The third kappa shape index (κ3) is 7.21. The first-order valence-electron chi connectivity index (χ1n) is 10.2. The molecule has 0 radical (unpaired) electrons. The molecular formula is C25H32F2O3. The number of hydrogen-bond donors (Lipinski definition) is 0. The Bertz CT molecular complexity index is 828. The van der Waals surface area contributed by atoms with E-state index in [4.69, 9.17) is 9.47 Å². The van der Waals surface area contributed by atoms with E-state index < -0.39 is 35.9 Å². The van der Waals surface area contributed by atoms with Crippen molar-refractivity contribution >= 4 is 5.97 Å². The number of aryl methyl sites for hydroxylation is 1. The van der Waals surface area contributed by atoms with Crippen molar-refractivity contribution in [1.82, 2.24) is 0 Å². The largest absolute Gasteiger partial charge is 0.459 e. The summed E-state index contributed by atoms with van der Waals surface area (Å²) in [7, 11) is 0. The van der Waals surface area contributed by atoms with Crippen molar-refractivity contribution in [3.8, 4) is 0 Å². The number of benzene rings is 2. The van der Waals surface area contributed by atoms with Gasteiger partial charge in [0.1, 0.15) is 12.2 Å². The molecule has 0 aromatic heterocycles. The van der Waals surface area contributed by atoms with E-state index in [0.29, 0.717) is 5.56 Å². The Morgan fingerprint density at radius 2 is 1.60 bits per heavy atom. The Labute approximate surface area is 178 Å². The van der Waals surface area contributed by atoms with Crippen LogP contribution in [0.4, 0.5) is 8.78 Å². The number of hydrogen-bond acceptors (Lipinski definition) is 3. The van der Waals surface area contributed by atoms with Crippen LogP contribution in [0.5, 0.6) is 0 Å². The summed E-state index contributed by atoms with van der Waals surface area (Å²) in [5.74, 6) is -3.55. The molecule has 2 aromatic rings. The number of alkyl halides is 2. The molecule has 0 fully saturated rings. The zero-order chi connectivity index (χ0) is 22.4. The molecule has 1 atom stereocenters. The predicted octanol–water partition coefficient (Wildman–Crippen LogP) is 6.23. The van der Waals surface area contributed by atoms with Gasteiger partial charge in [-0.1, -0.05) is 60.2 Å². The lowest BCUT2D eigenvalue weighted by molar-refractivity contribution is -0.163. The lowest BCUT2D eigenvalue weighted by Gasteiger charge is -2.33. The van der Waals surface area contributed by atoms with Crippen LogP contribution in [0.15, 0.2) is 54.6 Å². The lowest BCUT2D eigenvalue weighted by Crippen LogP contribution is -2.40. The second kappa shape index (κ2) is 9.69. The van der Waals surface area contributed by atoms with E-state index in [1.807, 2.05) is 55.5 Å². The summed E-state index contributed by atoms with van der Waals surface area (Å²) in [5, 5.41) is 0. The number of ether oxygens (including phenoxy) is 2. The van der Waals surface area contributed by atoms with Gasteiger partial charge in [0.2, 0.25) is 0 Å². The van der Waals surface area contributed by atoms with E-state index in [1.165, 1.54) is 0 Å². The van der Waals surface area contributed by atoms with Crippen LogP contribution >= 0.6 is 0 Å². The van der Waals surface area contributed by atoms with Crippen LogP contribution in [-0.4, -0.2) is 24.1 Å². The summed E-state index contributed by atoms with van der Waals surface area (Å²) in [6.07, 6.45) is -0.529. The van der Waals surface area contributed by atoms with Crippen LogP contribution in [0.25, 0.3) is 0 Å². The van der Waals surface area contributed by atoms with Gasteiger partial charge < -0.3 is 9.47 Å². The van der Waals surface area contributed by atoms with Crippen molar-refractivity contribution in [2.75, 3.05) is 6.61 Å². The first-order valence-corrected chi connectivity index (χ1v) is 10.2. The van der Waals surface area contributed by atoms with Crippen molar-refractivity contribution in [3.63, 3.8) is 0 Å². The molecule has 1 unspecified atom stereocenters. The van der Waals surface area contributed by atoms with E-state index in [1.54, 1.807) is 33.8 Å². The molecule has 164 valence electrons. The van der Waals surface area contributed by atoms with Gasteiger partial charge in [-0.2, -0.15) is 0 Å². The molecule has 30 heavy (non-hydrogen) atoms. The topological polar surface area (TPSA) is 35.5 Å². The fourth-order valence-electron chi connectivity index (χ4n) is 3.14. The van der Waals surface area contributed by atoms with Gasteiger partial charge in [0, 0.05) is 6.42 Å². The molecule has 0 saturated carbocycles. The molecule has 0 saturated heterocycles. The highest BCUT2D eigenvalue weighted by Gasteiger charge is 2.42. The fraction of sp³-hybridized carbons (Fsp3) is 0.480. The van der Waals surface area contributed by atoms with Gasteiger partial charge in [-0.3, -0.25) is 4.79 Å². The van der Waals surface area contributed by atoms with Gasteiger partial charge in [-0.05, 0) is 52.2 Å². The minimum Gasteiger partial charge on any atom is -0.459 e. The van der Waals surface area contributed by atoms with Crippen molar-refractivity contribution in [1.29, 1.82) is 0 Å². The molecule has 2 aromatic carbocycles. The van der Waals surface area contributed by atoms with Crippen LogP contribution in [0, 0.1) is 6.92 Å². The highest BCUT2D eigenvalue weighted by molar-refractivity contribution is 5.83. The third-order valence-corrected chi connectivity index (χ3v) is 4.92. The average Bonchev–Trinajstić information content (AvgIpc) is 2.65. The van der Waals surface area contributed by atoms with Gasteiger partial charge in [-0.15, -0.1) is 0 Å². The van der Waals surface area contributed by atoms with E-state index in [-0.39, 0.29) is 13.0 Å². The van der Waals surface area contributed by atoms with Gasteiger partial charge in [0.05, 0.1) is 12.0 Å². The minimum absolute atomic E-state index is 0.0485. The van der Waals surface area contributed by atoms with Gasteiger partial charge in [0.25, 0.3) is 5.92 Å². The highest BCUT2D eigenvalue weighted by atomic mass is 19.3. The van der Waals surface area contributed by atoms with Crippen molar-refractivity contribution in [2.45, 2.75) is 71.0 Å². The summed E-state index contributed by atoms with van der Waals surface area (Å²) < 4.78 is 40.0. The third-order valence-electron chi connectivity index (χ3n) is 4.92. The Hall–Kier alpha value is -2.27. The molecular weight excluding hydrogens is 386 g/mol. The zero-order valence-electron chi connectivity index (χ0n) is 18.5. The van der Waals surface area contributed by atoms with E-state index in [9.17, 15) is 13.6 Å². The summed E-state index contributed by atoms with van der Waals surface area (Å²) in [6.45, 7) is 8.33.